The number of H-pyrrole nitrogens is 1. The second kappa shape index (κ2) is 4.65. The predicted octanol–water partition coefficient (Wildman–Crippen LogP) is 2.66. The number of nitrogens with one attached hydrogen (secondary N) is 2. The van der Waals surface area contributed by atoms with Crippen LogP contribution in [0, 0.1) is 5.82 Å². The van der Waals surface area contributed by atoms with E-state index in [1.807, 2.05) is 0 Å². The molecular weight excluding hydrogens is 261 g/mol. The number of hydrogen-bond acceptors (Lipinski definition) is 3. The van der Waals surface area contributed by atoms with Gasteiger partial charge in [-0.1, -0.05) is 0 Å². The SMILES string of the molecule is O=C(Nc1n[nH]c2ccc(F)cc12)c1ccc(O)cc1. The first kappa shape index (κ1) is 12.2. The van der Waals surface area contributed by atoms with Crippen molar-refractivity contribution < 1.29 is 14.3 Å². The van der Waals surface area contributed by atoms with Crippen molar-refractivity contribution >= 4 is 22.6 Å². The number of carbonyl (C=O) groups is 1. The van der Waals surface area contributed by atoms with Gasteiger partial charge in [0.05, 0.1) is 5.52 Å². The minimum absolute atomic E-state index is 0.0776. The number of benzene rings is 2. The molecule has 3 rings (SSSR count). The maximum atomic E-state index is 13.2. The van der Waals surface area contributed by atoms with Gasteiger partial charge in [-0.15, -0.1) is 0 Å². The van der Waals surface area contributed by atoms with E-state index in [9.17, 15) is 14.3 Å². The van der Waals surface area contributed by atoms with Crippen molar-refractivity contribution in [2.75, 3.05) is 5.32 Å². The first-order chi connectivity index (χ1) is 9.63. The predicted molar refractivity (Wildman–Crippen MR) is 72.1 cm³/mol. The number of halogens is 1. The minimum Gasteiger partial charge on any atom is -0.508 e. The van der Waals surface area contributed by atoms with Crippen LogP contribution in [0.1, 0.15) is 10.4 Å². The molecule has 0 spiro atoms. The summed E-state index contributed by atoms with van der Waals surface area (Å²) in [6.45, 7) is 0. The summed E-state index contributed by atoms with van der Waals surface area (Å²) in [4.78, 5) is 12.0. The van der Waals surface area contributed by atoms with Crippen molar-refractivity contribution in [2.45, 2.75) is 0 Å². The van der Waals surface area contributed by atoms with Crippen LogP contribution in [0.5, 0.6) is 5.75 Å². The lowest BCUT2D eigenvalue weighted by Gasteiger charge is -2.02. The zero-order valence-electron chi connectivity index (χ0n) is 10.2. The monoisotopic (exact) mass is 271 g/mol. The van der Waals surface area contributed by atoms with Crippen LogP contribution in [0.25, 0.3) is 10.9 Å². The van der Waals surface area contributed by atoms with Gasteiger partial charge in [0.2, 0.25) is 0 Å². The zero-order chi connectivity index (χ0) is 14.1. The molecule has 3 aromatic rings. The van der Waals surface area contributed by atoms with E-state index in [0.29, 0.717) is 16.5 Å². The van der Waals surface area contributed by atoms with Gasteiger partial charge in [-0.3, -0.25) is 9.89 Å². The van der Waals surface area contributed by atoms with Crippen molar-refractivity contribution in [1.29, 1.82) is 0 Å². The number of phenolic OH excluding ortho intramolecular Hbond substituents is 1. The van der Waals surface area contributed by atoms with E-state index in [2.05, 4.69) is 15.5 Å². The molecule has 20 heavy (non-hydrogen) atoms. The molecule has 2 aromatic carbocycles. The number of aromatic amines is 1. The van der Waals surface area contributed by atoms with E-state index in [4.69, 9.17) is 0 Å². The number of carbonyl (C=O) groups excluding carboxylic acids is 1. The van der Waals surface area contributed by atoms with Crippen LogP contribution in [0.4, 0.5) is 10.2 Å². The summed E-state index contributed by atoms with van der Waals surface area (Å²) in [5.74, 6) is -0.451. The molecule has 0 aliphatic carbocycles. The summed E-state index contributed by atoms with van der Waals surface area (Å²) in [6.07, 6.45) is 0. The van der Waals surface area contributed by atoms with Crippen LogP contribution in [-0.2, 0) is 0 Å². The number of aromatic nitrogens is 2. The average molecular weight is 271 g/mol. The lowest BCUT2D eigenvalue weighted by molar-refractivity contribution is 0.102. The van der Waals surface area contributed by atoms with Crippen molar-refractivity contribution in [3.63, 3.8) is 0 Å². The summed E-state index contributed by atoms with van der Waals surface area (Å²) < 4.78 is 13.2. The summed E-state index contributed by atoms with van der Waals surface area (Å²) in [7, 11) is 0. The van der Waals surface area contributed by atoms with Crippen molar-refractivity contribution in [1.82, 2.24) is 10.2 Å². The Bertz CT molecular complexity index is 781. The first-order valence-corrected chi connectivity index (χ1v) is 5.87. The second-order valence-electron chi connectivity index (χ2n) is 4.26. The van der Waals surface area contributed by atoms with Crippen LogP contribution < -0.4 is 5.32 Å². The van der Waals surface area contributed by atoms with E-state index in [1.165, 1.54) is 36.4 Å². The lowest BCUT2D eigenvalue weighted by Crippen LogP contribution is -2.12. The molecule has 1 aromatic heterocycles. The number of phenols is 1. The van der Waals surface area contributed by atoms with Gasteiger partial charge in [-0.25, -0.2) is 4.39 Å². The Hall–Kier alpha value is -2.89. The topological polar surface area (TPSA) is 78.0 Å². The summed E-state index contributed by atoms with van der Waals surface area (Å²) in [5, 5.41) is 18.9. The Balaban J connectivity index is 1.91. The molecule has 0 fully saturated rings. The largest absolute Gasteiger partial charge is 0.508 e. The molecule has 5 nitrogen and oxygen atoms in total. The fourth-order valence-corrected chi connectivity index (χ4v) is 1.87. The first-order valence-electron chi connectivity index (χ1n) is 5.87. The number of anilines is 1. The molecular formula is C14H10FN3O2. The average Bonchev–Trinajstić information content (AvgIpc) is 2.82. The molecule has 0 radical (unpaired) electrons. The number of rotatable bonds is 2. The molecule has 0 aliphatic heterocycles. The Morgan fingerprint density at radius 2 is 1.95 bits per heavy atom. The van der Waals surface area contributed by atoms with Gasteiger partial charge in [0.25, 0.3) is 5.91 Å². The number of hydrogen-bond donors (Lipinski definition) is 3. The number of fused-ring (bicyclic) bond motifs is 1. The van der Waals surface area contributed by atoms with Crippen LogP contribution in [0.15, 0.2) is 42.5 Å². The fraction of sp³-hybridized carbons (Fsp3) is 0. The van der Waals surface area contributed by atoms with E-state index < -0.39 is 5.82 Å². The minimum atomic E-state index is -0.404. The molecule has 1 heterocycles. The molecule has 0 aliphatic rings. The maximum absolute atomic E-state index is 13.2. The van der Waals surface area contributed by atoms with Crippen molar-refractivity contribution in [3.8, 4) is 5.75 Å². The molecule has 0 saturated carbocycles. The molecule has 3 N–H and O–H groups in total. The van der Waals surface area contributed by atoms with Crippen LogP contribution in [0.2, 0.25) is 0 Å². The smallest absolute Gasteiger partial charge is 0.256 e. The highest BCUT2D eigenvalue weighted by atomic mass is 19.1. The van der Waals surface area contributed by atoms with E-state index in [-0.39, 0.29) is 17.5 Å². The quantitative estimate of drug-likeness (QED) is 0.670. The Labute approximate surface area is 113 Å². The van der Waals surface area contributed by atoms with Gasteiger partial charge in [-0.05, 0) is 42.5 Å². The normalized spacial score (nSPS) is 10.7. The molecule has 0 saturated heterocycles. The third-order valence-corrected chi connectivity index (χ3v) is 2.89. The molecule has 0 atom stereocenters. The fourth-order valence-electron chi connectivity index (χ4n) is 1.87. The number of aromatic hydroxyl groups is 1. The van der Waals surface area contributed by atoms with Crippen molar-refractivity contribution in [3.05, 3.63) is 53.8 Å². The lowest BCUT2D eigenvalue weighted by atomic mass is 10.2. The molecule has 0 bridgehead atoms. The third-order valence-electron chi connectivity index (χ3n) is 2.89. The highest BCUT2D eigenvalue weighted by molar-refractivity contribution is 6.07. The Morgan fingerprint density at radius 3 is 2.70 bits per heavy atom. The van der Waals surface area contributed by atoms with Gasteiger partial charge in [-0.2, -0.15) is 5.10 Å². The van der Waals surface area contributed by atoms with E-state index in [1.54, 1.807) is 6.07 Å². The molecule has 6 heteroatoms. The van der Waals surface area contributed by atoms with Gasteiger partial charge in [0, 0.05) is 10.9 Å². The van der Waals surface area contributed by atoms with E-state index in [0.717, 1.165) is 0 Å². The highest BCUT2D eigenvalue weighted by Crippen LogP contribution is 2.22. The molecule has 100 valence electrons. The second-order valence-corrected chi connectivity index (χ2v) is 4.26. The molecule has 0 unspecified atom stereocenters. The summed E-state index contributed by atoms with van der Waals surface area (Å²) in [6, 6.07) is 9.96. The Kier molecular flexibility index (Phi) is 2.83. The van der Waals surface area contributed by atoms with Gasteiger partial charge in [0.1, 0.15) is 11.6 Å². The van der Waals surface area contributed by atoms with Gasteiger partial charge < -0.3 is 10.4 Å². The van der Waals surface area contributed by atoms with Gasteiger partial charge >= 0.3 is 0 Å². The molecule has 1 amide bonds. The third kappa shape index (κ3) is 2.18. The summed E-state index contributed by atoms with van der Waals surface area (Å²) in [5.41, 5.74) is 1.00. The number of nitrogens with zero attached hydrogens (tertiary/aromatic N) is 1. The highest BCUT2D eigenvalue weighted by Gasteiger charge is 2.11. The maximum Gasteiger partial charge on any atom is 0.256 e. The zero-order valence-corrected chi connectivity index (χ0v) is 10.2. The van der Waals surface area contributed by atoms with Crippen LogP contribution >= 0.6 is 0 Å². The van der Waals surface area contributed by atoms with Crippen molar-refractivity contribution in [2.24, 2.45) is 0 Å². The number of amides is 1. The Morgan fingerprint density at radius 1 is 1.20 bits per heavy atom. The summed E-state index contributed by atoms with van der Waals surface area (Å²) >= 11 is 0. The van der Waals surface area contributed by atoms with Crippen LogP contribution in [-0.4, -0.2) is 21.2 Å². The van der Waals surface area contributed by atoms with Gasteiger partial charge in [0.15, 0.2) is 5.82 Å². The van der Waals surface area contributed by atoms with Crippen LogP contribution in [0.3, 0.4) is 0 Å². The standard InChI is InChI=1S/C14H10FN3O2/c15-9-3-6-12-11(7-9)13(18-17-12)16-14(20)8-1-4-10(19)5-2-8/h1-7,19H,(H2,16,17,18,20). The van der Waals surface area contributed by atoms with E-state index >= 15 is 0 Å².